The Balaban J connectivity index is 1.34. The monoisotopic (exact) mass is 437 g/mol. The number of piperidine rings is 1. The van der Waals surface area contributed by atoms with E-state index in [2.05, 4.69) is 28.4 Å². The number of amides is 1. The second-order valence-electron chi connectivity index (χ2n) is 9.24. The SMILES string of the molecule is Cn1cc2cc(-n3ncc4sc(C5CCN(C(=O)OC(C)(C)C)CC5)cc43)ccc2n1. The van der Waals surface area contributed by atoms with Crippen LogP contribution in [0.3, 0.4) is 0 Å². The van der Waals surface area contributed by atoms with Crippen LogP contribution in [0, 0.1) is 0 Å². The molecule has 1 aromatic carbocycles. The lowest BCUT2D eigenvalue weighted by Crippen LogP contribution is -2.41. The van der Waals surface area contributed by atoms with Gasteiger partial charge in [-0.2, -0.15) is 10.2 Å². The minimum Gasteiger partial charge on any atom is -0.444 e. The number of hydrogen-bond donors (Lipinski definition) is 0. The van der Waals surface area contributed by atoms with E-state index >= 15 is 0 Å². The summed E-state index contributed by atoms with van der Waals surface area (Å²) in [6.45, 7) is 7.19. The van der Waals surface area contributed by atoms with Crippen molar-refractivity contribution in [3.8, 4) is 5.69 Å². The van der Waals surface area contributed by atoms with Crippen molar-refractivity contribution in [3.63, 3.8) is 0 Å². The van der Waals surface area contributed by atoms with Crippen molar-refractivity contribution in [2.45, 2.75) is 45.1 Å². The minimum atomic E-state index is -0.454. The molecule has 5 rings (SSSR count). The van der Waals surface area contributed by atoms with Gasteiger partial charge in [0.25, 0.3) is 0 Å². The molecule has 3 aromatic heterocycles. The maximum atomic E-state index is 12.3. The smallest absolute Gasteiger partial charge is 0.410 e. The van der Waals surface area contributed by atoms with Crippen LogP contribution in [0.25, 0.3) is 26.8 Å². The summed E-state index contributed by atoms with van der Waals surface area (Å²) in [5.74, 6) is 0.463. The molecule has 31 heavy (non-hydrogen) atoms. The Morgan fingerprint density at radius 2 is 1.97 bits per heavy atom. The first-order chi connectivity index (χ1) is 14.8. The molecule has 4 aromatic rings. The fraction of sp³-hybridized carbons (Fsp3) is 0.435. The van der Waals surface area contributed by atoms with E-state index in [0.29, 0.717) is 5.92 Å². The third-order valence-corrected chi connectivity index (χ3v) is 6.90. The van der Waals surface area contributed by atoms with Crippen LogP contribution in [0.15, 0.2) is 36.7 Å². The minimum absolute atomic E-state index is 0.205. The third-order valence-electron chi connectivity index (χ3n) is 5.67. The maximum Gasteiger partial charge on any atom is 0.410 e. The fourth-order valence-corrected chi connectivity index (χ4v) is 5.37. The van der Waals surface area contributed by atoms with Crippen molar-refractivity contribution in [1.82, 2.24) is 24.5 Å². The molecule has 0 N–H and O–H groups in total. The van der Waals surface area contributed by atoms with Crippen molar-refractivity contribution >= 4 is 38.5 Å². The molecule has 0 radical (unpaired) electrons. The van der Waals surface area contributed by atoms with Crippen molar-refractivity contribution in [3.05, 3.63) is 41.5 Å². The number of fused-ring (bicyclic) bond motifs is 2. The molecular weight excluding hydrogens is 410 g/mol. The number of aromatic nitrogens is 4. The van der Waals surface area contributed by atoms with Crippen LogP contribution >= 0.6 is 11.3 Å². The molecule has 0 bridgehead atoms. The number of carbonyl (C=O) groups is 1. The third kappa shape index (κ3) is 3.92. The molecule has 162 valence electrons. The van der Waals surface area contributed by atoms with Gasteiger partial charge in [-0.25, -0.2) is 9.48 Å². The average Bonchev–Trinajstić information content (AvgIpc) is 3.39. The Bertz CT molecular complexity index is 1250. The molecule has 4 heterocycles. The normalized spacial score (nSPS) is 15.8. The first kappa shape index (κ1) is 20.1. The zero-order chi connectivity index (χ0) is 21.8. The van der Waals surface area contributed by atoms with E-state index < -0.39 is 5.60 Å². The van der Waals surface area contributed by atoms with Gasteiger partial charge in [0.1, 0.15) is 5.60 Å². The molecule has 1 saturated heterocycles. The van der Waals surface area contributed by atoms with E-state index in [9.17, 15) is 4.79 Å². The Morgan fingerprint density at radius 1 is 1.19 bits per heavy atom. The number of rotatable bonds is 2. The zero-order valence-electron chi connectivity index (χ0n) is 18.3. The number of thiophene rings is 1. The van der Waals surface area contributed by atoms with Gasteiger partial charge in [-0.05, 0) is 63.8 Å². The van der Waals surface area contributed by atoms with E-state index in [0.717, 1.165) is 48.0 Å². The second-order valence-corrected chi connectivity index (χ2v) is 10.4. The lowest BCUT2D eigenvalue weighted by atomic mass is 9.95. The largest absolute Gasteiger partial charge is 0.444 e. The maximum absolute atomic E-state index is 12.3. The standard InChI is InChI=1S/C23H27N5O2S/c1-23(2,3)30-22(29)27-9-7-15(8-10-27)20-12-19-21(31-20)13-24-28(19)17-5-6-18-16(11-17)14-26(4)25-18/h5-6,11-15H,7-10H2,1-4H3. The molecule has 0 saturated carbocycles. The summed E-state index contributed by atoms with van der Waals surface area (Å²) < 4.78 is 10.6. The summed E-state index contributed by atoms with van der Waals surface area (Å²) in [4.78, 5) is 15.5. The van der Waals surface area contributed by atoms with E-state index in [1.54, 1.807) is 0 Å². The number of nitrogens with zero attached hydrogens (tertiary/aromatic N) is 5. The predicted molar refractivity (Wildman–Crippen MR) is 123 cm³/mol. The lowest BCUT2D eigenvalue weighted by Gasteiger charge is -2.33. The Labute approximate surface area is 185 Å². The quantitative estimate of drug-likeness (QED) is 0.438. The van der Waals surface area contributed by atoms with Gasteiger partial charge in [-0.1, -0.05) is 0 Å². The van der Waals surface area contributed by atoms with Gasteiger partial charge in [-0.15, -0.1) is 11.3 Å². The molecule has 0 aliphatic carbocycles. The Hall–Kier alpha value is -2.87. The number of likely N-dealkylation sites (tertiary alicyclic amines) is 1. The highest BCUT2D eigenvalue weighted by atomic mass is 32.1. The number of ether oxygens (including phenoxy) is 1. The first-order valence-electron chi connectivity index (χ1n) is 10.7. The fourth-order valence-electron chi connectivity index (χ4n) is 4.19. The topological polar surface area (TPSA) is 65.2 Å². The van der Waals surface area contributed by atoms with Crippen LogP contribution in [-0.2, 0) is 11.8 Å². The van der Waals surface area contributed by atoms with E-state index in [1.165, 1.54) is 9.58 Å². The number of carbonyl (C=O) groups excluding carboxylic acids is 1. The second kappa shape index (κ2) is 7.37. The van der Waals surface area contributed by atoms with Crippen LogP contribution in [-0.4, -0.2) is 49.2 Å². The van der Waals surface area contributed by atoms with Gasteiger partial charge in [0, 0.05) is 36.6 Å². The van der Waals surface area contributed by atoms with Gasteiger partial charge in [0.15, 0.2) is 0 Å². The van der Waals surface area contributed by atoms with Gasteiger partial charge < -0.3 is 9.64 Å². The lowest BCUT2D eigenvalue weighted by molar-refractivity contribution is 0.0205. The van der Waals surface area contributed by atoms with E-state index in [-0.39, 0.29) is 6.09 Å². The highest BCUT2D eigenvalue weighted by Crippen LogP contribution is 2.37. The summed E-state index contributed by atoms with van der Waals surface area (Å²) in [7, 11) is 1.94. The van der Waals surface area contributed by atoms with Crippen molar-refractivity contribution < 1.29 is 9.53 Å². The zero-order valence-corrected chi connectivity index (χ0v) is 19.1. The van der Waals surface area contributed by atoms with E-state index in [1.807, 2.05) is 71.9 Å². The summed E-state index contributed by atoms with van der Waals surface area (Å²) in [5, 5.41) is 10.2. The summed E-state index contributed by atoms with van der Waals surface area (Å²) in [5.41, 5.74) is 2.71. The molecule has 8 heteroatoms. The van der Waals surface area contributed by atoms with Crippen LogP contribution in [0.5, 0.6) is 0 Å². The van der Waals surface area contributed by atoms with Gasteiger partial charge in [0.05, 0.1) is 27.6 Å². The molecule has 1 fully saturated rings. The van der Waals surface area contributed by atoms with E-state index in [4.69, 9.17) is 4.74 Å². The molecular formula is C23H27N5O2S. The highest BCUT2D eigenvalue weighted by molar-refractivity contribution is 7.19. The molecule has 7 nitrogen and oxygen atoms in total. The molecule has 1 aliphatic heterocycles. The first-order valence-corrected chi connectivity index (χ1v) is 11.5. The number of benzene rings is 1. The van der Waals surface area contributed by atoms with Crippen LogP contribution in [0.4, 0.5) is 4.79 Å². The van der Waals surface area contributed by atoms with Gasteiger partial charge in [0.2, 0.25) is 0 Å². The molecule has 1 amide bonds. The van der Waals surface area contributed by atoms with Crippen molar-refractivity contribution in [1.29, 1.82) is 0 Å². The summed E-state index contributed by atoms with van der Waals surface area (Å²) >= 11 is 1.81. The Morgan fingerprint density at radius 3 is 2.71 bits per heavy atom. The summed E-state index contributed by atoms with van der Waals surface area (Å²) in [6.07, 6.45) is 5.68. The van der Waals surface area contributed by atoms with Crippen LogP contribution in [0.1, 0.15) is 44.4 Å². The number of aryl methyl sites for hydroxylation is 1. The van der Waals surface area contributed by atoms with Gasteiger partial charge in [-0.3, -0.25) is 4.68 Å². The molecule has 0 unspecified atom stereocenters. The molecule has 0 atom stereocenters. The Kier molecular flexibility index (Phi) is 4.77. The molecule has 0 spiro atoms. The number of hydrogen-bond acceptors (Lipinski definition) is 5. The summed E-state index contributed by atoms with van der Waals surface area (Å²) in [6, 6.07) is 8.51. The van der Waals surface area contributed by atoms with Crippen molar-refractivity contribution in [2.75, 3.05) is 13.1 Å². The van der Waals surface area contributed by atoms with Crippen LogP contribution < -0.4 is 0 Å². The molecule has 1 aliphatic rings. The van der Waals surface area contributed by atoms with Crippen molar-refractivity contribution in [2.24, 2.45) is 7.05 Å². The average molecular weight is 438 g/mol. The highest BCUT2D eigenvalue weighted by Gasteiger charge is 2.28. The van der Waals surface area contributed by atoms with Crippen LogP contribution in [0.2, 0.25) is 0 Å². The van der Waals surface area contributed by atoms with Gasteiger partial charge >= 0.3 is 6.09 Å². The predicted octanol–water partition coefficient (Wildman–Crippen LogP) is 5.09.